The van der Waals surface area contributed by atoms with Crippen LogP contribution < -0.4 is 10.2 Å². The largest absolute Gasteiger partial charge is 0.324 e. The van der Waals surface area contributed by atoms with Gasteiger partial charge in [0.15, 0.2) is 0 Å². The molecule has 2 aromatic carbocycles. The molecule has 0 aromatic heterocycles. The number of amides is 2. The molecular formula is C21H25N3O2. The van der Waals surface area contributed by atoms with Gasteiger partial charge < -0.3 is 10.2 Å². The zero-order valence-corrected chi connectivity index (χ0v) is 15.5. The highest BCUT2D eigenvalue weighted by Crippen LogP contribution is 2.31. The third-order valence-corrected chi connectivity index (χ3v) is 4.96. The van der Waals surface area contributed by atoms with E-state index in [4.69, 9.17) is 0 Å². The summed E-state index contributed by atoms with van der Waals surface area (Å²) in [7, 11) is 1.95. The van der Waals surface area contributed by atoms with Gasteiger partial charge in [-0.3, -0.25) is 14.5 Å². The molecule has 1 aliphatic rings. The summed E-state index contributed by atoms with van der Waals surface area (Å²) in [5.74, 6) is -0.0713. The summed E-state index contributed by atoms with van der Waals surface area (Å²) in [6.07, 6.45) is 0.290. The maximum atomic E-state index is 13.1. The SMILES string of the molecule is C[C@@H]1CC(=O)Nc2ccccc2N1C(=O)CN(C)[C@@H](C)c1ccccc1. The van der Waals surface area contributed by atoms with Crippen LogP contribution in [-0.2, 0) is 9.59 Å². The molecule has 5 heteroatoms. The van der Waals surface area contributed by atoms with Crippen LogP contribution >= 0.6 is 0 Å². The topological polar surface area (TPSA) is 52.7 Å². The van der Waals surface area contributed by atoms with Crippen LogP contribution in [0, 0.1) is 0 Å². The number of nitrogens with one attached hydrogen (secondary N) is 1. The van der Waals surface area contributed by atoms with Crippen LogP contribution in [0.3, 0.4) is 0 Å². The monoisotopic (exact) mass is 351 g/mol. The Morgan fingerprint density at radius 1 is 1.19 bits per heavy atom. The molecule has 2 amide bonds. The second-order valence-electron chi connectivity index (χ2n) is 6.88. The number of rotatable bonds is 4. The van der Waals surface area contributed by atoms with E-state index in [1.807, 2.05) is 61.3 Å². The van der Waals surface area contributed by atoms with E-state index in [2.05, 4.69) is 24.4 Å². The van der Waals surface area contributed by atoms with Crippen molar-refractivity contribution < 1.29 is 9.59 Å². The lowest BCUT2D eigenvalue weighted by Crippen LogP contribution is -2.44. The van der Waals surface area contributed by atoms with E-state index in [0.717, 1.165) is 5.69 Å². The van der Waals surface area contributed by atoms with E-state index >= 15 is 0 Å². The molecule has 0 fully saturated rings. The van der Waals surface area contributed by atoms with Crippen LogP contribution in [0.4, 0.5) is 11.4 Å². The lowest BCUT2D eigenvalue weighted by atomic mass is 10.1. The van der Waals surface area contributed by atoms with Crippen LogP contribution in [0.2, 0.25) is 0 Å². The fourth-order valence-electron chi connectivity index (χ4n) is 3.38. The van der Waals surface area contributed by atoms with E-state index < -0.39 is 0 Å². The maximum absolute atomic E-state index is 13.1. The Bertz CT molecular complexity index is 791. The predicted molar refractivity (Wildman–Crippen MR) is 104 cm³/mol. The second kappa shape index (κ2) is 7.70. The number of fused-ring (bicyclic) bond motifs is 1. The van der Waals surface area contributed by atoms with E-state index in [1.165, 1.54) is 5.56 Å². The normalized spacial score (nSPS) is 18.1. The lowest BCUT2D eigenvalue weighted by Gasteiger charge is -2.31. The fourth-order valence-corrected chi connectivity index (χ4v) is 3.38. The Balaban J connectivity index is 1.81. The zero-order chi connectivity index (χ0) is 18.7. The quantitative estimate of drug-likeness (QED) is 0.918. The summed E-state index contributed by atoms with van der Waals surface area (Å²) < 4.78 is 0. The first kappa shape index (κ1) is 18.1. The molecule has 26 heavy (non-hydrogen) atoms. The third-order valence-electron chi connectivity index (χ3n) is 4.96. The molecule has 0 radical (unpaired) electrons. The summed E-state index contributed by atoms with van der Waals surface area (Å²) in [4.78, 5) is 29.0. The number of carbonyl (C=O) groups is 2. The van der Waals surface area contributed by atoms with Crippen molar-refractivity contribution in [3.63, 3.8) is 0 Å². The number of benzene rings is 2. The molecular weight excluding hydrogens is 326 g/mol. The molecule has 0 spiro atoms. The van der Waals surface area contributed by atoms with Gasteiger partial charge in [0.05, 0.1) is 17.9 Å². The van der Waals surface area contributed by atoms with Crippen LogP contribution in [0.25, 0.3) is 0 Å². The van der Waals surface area contributed by atoms with Gasteiger partial charge in [0, 0.05) is 18.5 Å². The average molecular weight is 351 g/mol. The molecule has 0 saturated heterocycles. The summed E-state index contributed by atoms with van der Waals surface area (Å²) >= 11 is 0. The Morgan fingerprint density at radius 2 is 1.85 bits per heavy atom. The highest BCUT2D eigenvalue weighted by molar-refractivity contribution is 6.04. The molecule has 136 valence electrons. The van der Waals surface area contributed by atoms with Crippen molar-refractivity contribution in [1.29, 1.82) is 0 Å². The Labute approximate surface area is 154 Å². The lowest BCUT2D eigenvalue weighted by molar-refractivity contribution is -0.120. The van der Waals surface area contributed by atoms with Gasteiger partial charge in [0.25, 0.3) is 0 Å². The molecule has 1 aliphatic heterocycles. The minimum atomic E-state index is -0.188. The minimum absolute atomic E-state index is 0.00766. The molecule has 3 rings (SSSR count). The molecule has 1 heterocycles. The van der Waals surface area contributed by atoms with Crippen LogP contribution in [-0.4, -0.2) is 36.3 Å². The van der Waals surface area contributed by atoms with Gasteiger partial charge in [-0.05, 0) is 38.6 Å². The van der Waals surface area contributed by atoms with Gasteiger partial charge in [0.1, 0.15) is 0 Å². The highest BCUT2D eigenvalue weighted by Gasteiger charge is 2.30. The number of nitrogens with zero attached hydrogens (tertiary/aromatic N) is 2. The summed E-state index contributed by atoms with van der Waals surface area (Å²) in [6.45, 7) is 4.29. The summed E-state index contributed by atoms with van der Waals surface area (Å²) in [5.41, 5.74) is 2.62. The minimum Gasteiger partial charge on any atom is -0.324 e. The molecule has 0 unspecified atom stereocenters. The first-order valence-corrected chi connectivity index (χ1v) is 8.93. The molecule has 0 saturated carbocycles. The Kier molecular flexibility index (Phi) is 5.38. The van der Waals surface area contributed by atoms with Crippen molar-refractivity contribution in [3.05, 3.63) is 60.2 Å². The maximum Gasteiger partial charge on any atom is 0.241 e. The summed E-state index contributed by atoms with van der Waals surface area (Å²) in [6, 6.07) is 17.5. The van der Waals surface area contributed by atoms with Gasteiger partial charge in [-0.15, -0.1) is 0 Å². The van der Waals surface area contributed by atoms with Crippen molar-refractivity contribution in [1.82, 2.24) is 4.90 Å². The number of anilines is 2. The van der Waals surface area contributed by atoms with Gasteiger partial charge in [-0.2, -0.15) is 0 Å². The van der Waals surface area contributed by atoms with Crippen molar-refractivity contribution in [2.45, 2.75) is 32.4 Å². The standard InChI is InChI=1S/C21H25N3O2/c1-15-13-20(25)22-18-11-7-8-12-19(18)24(15)21(26)14-23(3)16(2)17-9-5-4-6-10-17/h4-12,15-16H,13-14H2,1-3H3,(H,22,25)/t15-,16+/m1/s1. The van der Waals surface area contributed by atoms with Gasteiger partial charge in [-0.25, -0.2) is 0 Å². The van der Waals surface area contributed by atoms with Gasteiger partial charge in [-0.1, -0.05) is 42.5 Å². The number of likely N-dealkylation sites (N-methyl/N-ethyl adjacent to an activating group) is 1. The van der Waals surface area contributed by atoms with Crippen molar-refractivity contribution in [2.75, 3.05) is 23.8 Å². The van der Waals surface area contributed by atoms with E-state index in [-0.39, 0.29) is 30.4 Å². The van der Waals surface area contributed by atoms with Crippen LogP contribution in [0.15, 0.2) is 54.6 Å². The van der Waals surface area contributed by atoms with Crippen LogP contribution in [0.5, 0.6) is 0 Å². The fraction of sp³-hybridized carbons (Fsp3) is 0.333. The number of hydrogen-bond donors (Lipinski definition) is 1. The number of para-hydroxylation sites is 2. The second-order valence-corrected chi connectivity index (χ2v) is 6.88. The molecule has 0 bridgehead atoms. The zero-order valence-electron chi connectivity index (χ0n) is 15.5. The van der Waals surface area contributed by atoms with Crippen molar-refractivity contribution in [3.8, 4) is 0 Å². The average Bonchev–Trinajstić information content (AvgIpc) is 2.75. The van der Waals surface area contributed by atoms with Crippen molar-refractivity contribution >= 4 is 23.2 Å². The first-order valence-electron chi connectivity index (χ1n) is 8.93. The molecule has 5 nitrogen and oxygen atoms in total. The van der Waals surface area contributed by atoms with E-state index in [0.29, 0.717) is 12.1 Å². The Morgan fingerprint density at radius 3 is 2.58 bits per heavy atom. The van der Waals surface area contributed by atoms with E-state index in [1.54, 1.807) is 4.90 Å². The smallest absolute Gasteiger partial charge is 0.241 e. The van der Waals surface area contributed by atoms with E-state index in [9.17, 15) is 9.59 Å². The molecule has 1 N–H and O–H groups in total. The molecule has 0 aliphatic carbocycles. The number of hydrogen-bond acceptors (Lipinski definition) is 3. The molecule has 2 atom stereocenters. The summed E-state index contributed by atoms with van der Waals surface area (Å²) in [5, 5.41) is 2.89. The first-order chi connectivity index (χ1) is 12.5. The van der Waals surface area contributed by atoms with Gasteiger partial charge >= 0.3 is 0 Å². The number of carbonyl (C=O) groups excluding carboxylic acids is 2. The Hall–Kier alpha value is -2.66. The third kappa shape index (κ3) is 3.78. The van der Waals surface area contributed by atoms with Crippen molar-refractivity contribution in [2.24, 2.45) is 0 Å². The molecule has 2 aromatic rings. The van der Waals surface area contributed by atoms with Crippen LogP contribution in [0.1, 0.15) is 31.9 Å². The highest BCUT2D eigenvalue weighted by atomic mass is 16.2. The predicted octanol–water partition coefficient (Wildman–Crippen LogP) is 3.44. The van der Waals surface area contributed by atoms with Gasteiger partial charge in [0.2, 0.25) is 11.8 Å².